The van der Waals surface area contributed by atoms with E-state index in [0.29, 0.717) is 6.42 Å². The average molecular weight is 286 g/mol. The molecule has 0 saturated carbocycles. The third-order valence-corrected chi connectivity index (χ3v) is 3.15. The summed E-state index contributed by atoms with van der Waals surface area (Å²) >= 11 is 0. The molecule has 0 spiro atoms. The Morgan fingerprint density at radius 2 is 2.10 bits per heavy atom. The van der Waals surface area contributed by atoms with Crippen molar-refractivity contribution in [1.82, 2.24) is 15.1 Å². The van der Waals surface area contributed by atoms with Crippen molar-refractivity contribution in [3.63, 3.8) is 0 Å². The fraction of sp³-hybridized carbons (Fsp3) is 0.375. The first-order chi connectivity index (χ1) is 10.1. The summed E-state index contributed by atoms with van der Waals surface area (Å²) in [7, 11) is 0. The van der Waals surface area contributed by atoms with Crippen LogP contribution in [0.1, 0.15) is 18.9 Å². The van der Waals surface area contributed by atoms with Gasteiger partial charge < -0.3 is 10.6 Å². The van der Waals surface area contributed by atoms with E-state index in [0.717, 1.165) is 24.3 Å². The van der Waals surface area contributed by atoms with Crippen LogP contribution < -0.4 is 10.6 Å². The highest BCUT2D eigenvalue weighted by Crippen LogP contribution is 2.06. The molecule has 2 aromatic rings. The van der Waals surface area contributed by atoms with Gasteiger partial charge in [0.15, 0.2) is 0 Å². The monoisotopic (exact) mass is 286 g/mol. The minimum Gasteiger partial charge on any atom is -0.326 e. The second-order valence-electron chi connectivity index (χ2n) is 5.25. The zero-order valence-corrected chi connectivity index (χ0v) is 12.5. The number of nitrogens with one attached hydrogen (secondary N) is 2. The van der Waals surface area contributed by atoms with Gasteiger partial charge in [-0.05, 0) is 31.5 Å². The van der Waals surface area contributed by atoms with Gasteiger partial charge in [0, 0.05) is 30.9 Å². The van der Waals surface area contributed by atoms with Gasteiger partial charge in [-0.25, -0.2) is 0 Å². The minimum absolute atomic E-state index is 0.0242. The van der Waals surface area contributed by atoms with Gasteiger partial charge in [0.2, 0.25) is 5.91 Å². The highest BCUT2D eigenvalue weighted by Gasteiger charge is 2.08. The molecule has 1 amide bonds. The summed E-state index contributed by atoms with van der Waals surface area (Å²) < 4.78 is 1.90. The summed E-state index contributed by atoms with van der Waals surface area (Å²) in [5.41, 5.74) is 1.99. The predicted molar refractivity (Wildman–Crippen MR) is 84.1 cm³/mol. The van der Waals surface area contributed by atoms with E-state index in [2.05, 4.69) is 15.7 Å². The van der Waals surface area contributed by atoms with Gasteiger partial charge in [0.05, 0.1) is 12.7 Å². The number of carbonyl (C=O) groups excluding carboxylic acids is 1. The van der Waals surface area contributed by atoms with Crippen molar-refractivity contribution >= 4 is 11.6 Å². The molecule has 0 aliphatic heterocycles. The number of amides is 1. The lowest BCUT2D eigenvalue weighted by Gasteiger charge is -2.13. The number of hydrogen-bond donors (Lipinski definition) is 2. The Hall–Kier alpha value is -2.14. The van der Waals surface area contributed by atoms with Crippen LogP contribution in [0.5, 0.6) is 0 Å². The summed E-state index contributed by atoms with van der Waals surface area (Å²) in [5, 5.41) is 10.4. The van der Waals surface area contributed by atoms with Crippen molar-refractivity contribution in [1.29, 1.82) is 0 Å². The Kier molecular flexibility index (Phi) is 5.51. The van der Waals surface area contributed by atoms with Crippen LogP contribution in [-0.2, 0) is 11.3 Å². The molecule has 0 unspecified atom stereocenters. The maximum absolute atomic E-state index is 11.9. The first kappa shape index (κ1) is 15.3. The van der Waals surface area contributed by atoms with Gasteiger partial charge in [-0.1, -0.05) is 18.2 Å². The lowest BCUT2D eigenvalue weighted by molar-refractivity contribution is -0.116. The van der Waals surface area contributed by atoms with Gasteiger partial charge in [0.25, 0.3) is 0 Å². The molecule has 2 rings (SSSR count). The van der Waals surface area contributed by atoms with Gasteiger partial charge in [-0.2, -0.15) is 5.10 Å². The van der Waals surface area contributed by atoms with E-state index in [1.54, 1.807) is 0 Å². The summed E-state index contributed by atoms with van der Waals surface area (Å²) in [6, 6.07) is 9.64. The third kappa shape index (κ3) is 5.39. The van der Waals surface area contributed by atoms with Gasteiger partial charge in [-0.15, -0.1) is 0 Å². The van der Waals surface area contributed by atoms with Crippen LogP contribution in [-0.4, -0.2) is 28.3 Å². The smallest absolute Gasteiger partial charge is 0.225 e. The Balaban J connectivity index is 1.67. The fourth-order valence-corrected chi connectivity index (χ4v) is 2.10. The van der Waals surface area contributed by atoms with Crippen molar-refractivity contribution in [2.75, 3.05) is 11.9 Å². The number of rotatable bonds is 7. The zero-order chi connectivity index (χ0) is 15.1. The molecule has 2 N–H and O–H groups in total. The summed E-state index contributed by atoms with van der Waals surface area (Å²) in [5.74, 6) is 0.0242. The molecule has 0 fully saturated rings. The number of benzene rings is 1. The molecule has 21 heavy (non-hydrogen) atoms. The quantitative estimate of drug-likeness (QED) is 0.820. The average Bonchev–Trinajstić information content (AvgIpc) is 2.85. The van der Waals surface area contributed by atoms with E-state index in [1.165, 1.54) is 0 Å². The lowest BCUT2D eigenvalue weighted by atomic mass is 10.2. The van der Waals surface area contributed by atoms with E-state index in [1.807, 2.05) is 61.3 Å². The molecular weight excluding hydrogens is 264 g/mol. The highest BCUT2D eigenvalue weighted by molar-refractivity contribution is 5.90. The Labute approximate surface area is 125 Å². The molecule has 5 heteroatoms. The van der Waals surface area contributed by atoms with Crippen LogP contribution in [0.25, 0.3) is 0 Å². The Morgan fingerprint density at radius 3 is 2.76 bits per heavy atom. The molecule has 0 aliphatic rings. The molecule has 0 saturated heterocycles. The second-order valence-corrected chi connectivity index (χ2v) is 5.25. The summed E-state index contributed by atoms with van der Waals surface area (Å²) in [6.07, 6.45) is 4.30. The van der Waals surface area contributed by atoms with Gasteiger partial charge in [0.1, 0.15) is 0 Å². The van der Waals surface area contributed by atoms with Crippen LogP contribution in [0.4, 0.5) is 5.69 Å². The Morgan fingerprint density at radius 1 is 1.33 bits per heavy atom. The number of aryl methyl sites for hydroxylation is 1. The van der Waals surface area contributed by atoms with Gasteiger partial charge in [-0.3, -0.25) is 9.48 Å². The molecule has 1 aromatic carbocycles. The van der Waals surface area contributed by atoms with Crippen molar-refractivity contribution in [3.05, 3.63) is 48.3 Å². The SMILES string of the molecule is Cc1cnn(CCN[C@@H](C)CC(=O)Nc2ccccc2)c1. The van der Waals surface area contributed by atoms with Crippen molar-refractivity contribution in [2.45, 2.75) is 32.9 Å². The number of para-hydroxylation sites is 1. The van der Waals surface area contributed by atoms with Crippen LogP contribution in [0.3, 0.4) is 0 Å². The number of anilines is 1. The maximum Gasteiger partial charge on any atom is 0.225 e. The molecule has 0 radical (unpaired) electrons. The van der Waals surface area contributed by atoms with E-state index in [9.17, 15) is 4.79 Å². The van der Waals surface area contributed by atoms with Crippen molar-refractivity contribution in [3.8, 4) is 0 Å². The predicted octanol–water partition coefficient (Wildman–Crippen LogP) is 2.20. The molecule has 112 valence electrons. The minimum atomic E-state index is 0.0242. The molecule has 1 atom stereocenters. The van der Waals surface area contributed by atoms with Crippen LogP contribution >= 0.6 is 0 Å². The zero-order valence-electron chi connectivity index (χ0n) is 12.5. The van der Waals surface area contributed by atoms with Crippen LogP contribution in [0.15, 0.2) is 42.7 Å². The molecule has 0 bridgehead atoms. The van der Waals surface area contributed by atoms with E-state index in [4.69, 9.17) is 0 Å². The largest absolute Gasteiger partial charge is 0.326 e. The molecule has 0 aliphatic carbocycles. The van der Waals surface area contributed by atoms with Gasteiger partial charge >= 0.3 is 0 Å². The molecular formula is C16H22N4O. The third-order valence-electron chi connectivity index (χ3n) is 3.15. The molecule has 1 aromatic heterocycles. The van der Waals surface area contributed by atoms with Crippen molar-refractivity contribution < 1.29 is 4.79 Å². The van der Waals surface area contributed by atoms with Crippen molar-refractivity contribution in [2.24, 2.45) is 0 Å². The van der Waals surface area contributed by atoms with E-state index in [-0.39, 0.29) is 11.9 Å². The fourth-order valence-electron chi connectivity index (χ4n) is 2.10. The number of carbonyl (C=O) groups is 1. The first-order valence-corrected chi connectivity index (χ1v) is 7.21. The standard InChI is InChI=1S/C16H22N4O/c1-13-11-18-20(12-13)9-8-17-14(2)10-16(21)19-15-6-4-3-5-7-15/h3-7,11-12,14,17H,8-10H2,1-2H3,(H,19,21)/t14-/m0/s1. The normalized spacial score (nSPS) is 12.1. The number of nitrogens with zero attached hydrogens (tertiary/aromatic N) is 2. The van der Waals surface area contributed by atoms with Crippen LogP contribution in [0.2, 0.25) is 0 Å². The summed E-state index contributed by atoms with van der Waals surface area (Å²) in [6.45, 7) is 5.63. The first-order valence-electron chi connectivity index (χ1n) is 7.21. The van der Waals surface area contributed by atoms with E-state index >= 15 is 0 Å². The maximum atomic E-state index is 11.9. The molecule has 5 nitrogen and oxygen atoms in total. The highest BCUT2D eigenvalue weighted by atomic mass is 16.1. The lowest BCUT2D eigenvalue weighted by Crippen LogP contribution is -2.33. The second kappa shape index (κ2) is 7.59. The van der Waals surface area contributed by atoms with Crippen LogP contribution in [0, 0.1) is 6.92 Å². The summed E-state index contributed by atoms with van der Waals surface area (Å²) in [4.78, 5) is 11.9. The molecule has 1 heterocycles. The topological polar surface area (TPSA) is 59.0 Å². The number of aromatic nitrogens is 2. The van der Waals surface area contributed by atoms with E-state index < -0.39 is 0 Å². The number of hydrogen-bond acceptors (Lipinski definition) is 3. The Bertz CT molecular complexity index is 565.